The van der Waals surface area contributed by atoms with Gasteiger partial charge in [0.1, 0.15) is 5.38 Å². The van der Waals surface area contributed by atoms with Gasteiger partial charge < -0.3 is 4.90 Å². The molecule has 2 aliphatic heterocycles. The van der Waals surface area contributed by atoms with Crippen molar-refractivity contribution in [2.24, 2.45) is 0 Å². The summed E-state index contributed by atoms with van der Waals surface area (Å²) in [6.07, 6.45) is 3.86. The highest BCUT2D eigenvalue weighted by Crippen LogP contribution is 2.21. The molecule has 2 saturated heterocycles. The van der Waals surface area contributed by atoms with E-state index in [0.29, 0.717) is 6.04 Å². The summed E-state index contributed by atoms with van der Waals surface area (Å²) in [5, 5.41) is -0.375. The van der Waals surface area contributed by atoms with Gasteiger partial charge in [0, 0.05) is 25.7 Å². The Labute approximate surface area is 96.4 Å². The standard InChI is InChI=1S/C11H19ClN2O/c1-9(12)11(15)14-7-6-13-5-3-2-4-10(13)8-14/h9-10H,2-8H2,1H3. The number of fused-ring (bicyclic) bond motifs is 1. The first-order valence-corrected chi connectivity index (χ1v) is 6.29. The monoisotopic (exact) mass is 230 g/mol. The van der Waals surface area contributed by atoms with Crippen molar-refractivity contribution in [2.75, 3.05) is 26.2 Å². The normalized spacial score (nSPS) is 29.7. The van der Waals surface area contributed by atoms with E-state index in [2.05, 4.69) is 4.90 Å². The predicted molar refractivity (Wildman–Crippen MR) is 61.1 cm³/mol. The largest absolute Gasteiger partial charge is 0.339 e. The van der Waals surface area contributed by atoms with Gasteiger partial charge >= 0.3 is 0 Å². The molecule has 2 heterocycles. The first kappa shape index (κ1) is 11.2. The fourth-order valence-electron chi connectivity index (χ4n) is 2.61. The number of carbonyl (C=O) groups is 1. The molecule has 3 nitrogen and oxygen atoms in total. The highest BCUT2D eigenvalue weighted by atomic mass is 35.5. The second-order valence-corrected chi connectivity index (χ2v) is 5.24. The summed E-state index contributed by atoms with van der Waals surface area (Å²) in [4.78, 5) is 16.2. The lowest BCUT2D eigenvalue weighted by Gasteiger charge is -2.44. The second kappa shape index (κ2) is 4.71. The minimum Gasteiger partial charge on any atom is -0.339 e. The molecule has 2 unspecified atom stereocenters. The molecule has 0 saturated carbocycles. The number of halogens is 1. The first-order chi connectivity index (χ1) is 7.18. The van der Waals surface area contributed by atoms with E-state index in [1.165, 1.54) is 25.8 Å². The summed E-state index contributed by atoms with van der Waals surface area (Å²) < 4.78 is 0. The maximum absolute atomic E-state index is 11.7. The van der Waals surface area contributed by atoms with Gasteiger partial charge in [-0.3, -0.25) is 9.69 Å². The number of rotatable bonds is 1. The number of hydrogen-bond acceptors (Lipinski definition) is 2. The third-order valence-corrected chi connectivity index (χ3v) is 3.68. The predicted octanol–water partition coefficient (Wildman–Crippen LogP) is 1.31. The van der Waals surface area contributed by atoms with Crippen LogP contribution in [0.4, 0.5) is 0 Å². The van der Waals surface area contributed by atoms with Gasteiger partial charge in [-0.25, -0.2) is 0 Å². The average molecular weight is 231 g/mol. The quantitative estimate of drug-likeness (QED) is 0.635. The van der Waals surface area contributed by atoms with E-state index in [-0.39, 0.29) is 11.3 Å². The summed E-state index contributed by atoms with van der Waals surface area (Å²) in [5.74, 6) is 0.0990. The van der Waals surface area contributed by atoms with Crippen molar-refractivity contribution in [3.05, 3.63) is 0 Å². The molecule has 0 aromatic heterocycles. The highest BCUT2D eigenvalue weighted by molar-refractivity contribution is 6.30. The smallest absolute Gasteiger partial charge is 0.240 e. The van der Waals surface area contributed by atoms with Crippen LogP contribution in [-0.2, 0) is 4.79 Å². The Balaban J connectivity index is 1.93. The number of alkyl halides is 1. The zero-order chi connectivity index (χ0) is 10.8. The van der Waals surface area contributed by atoms with E-state index in [0.717, 1.165) is 19.6 Å². The Hall–Kier alpha value is -0.280. The minimum atomic E-state index is -0.375. The van der Waals surface area contributed by atoms with E-state index in [1.54, 1.807) is 6.92 Å². The Morgan fingerprint density at radius 1 is 1.33 bits per heavy atom. The number of nitrogens with zero attached hydrogens (tertiary/aromatic N) is 2. The van der Waals surface area contributed by atoms with Crippen LogP contribution in [0.5, 0.6) is 0 Å². The Morgan fingerprint density at radius 2 is 2.13 bits per heavy atom. The molecule has 0 aliphatic carbocycles. The summed E-state index contributed by atoms with van der Waals surface area (Å²) >= 11 is 5.83. The summed E-state index contributed by atoms with van der Waals surface area (Å²) in [5.41, 5.74) is 0. The van der Waals surface area contributed by atoms with E-state index in [4.69, 9.17) is 11.6 Å². The van der Waals surface area contributed by atoms with E-state index in [1.807, 2.05) is 4.90 Å². The van der Waals surface area contributed by atoms with Crippen molar-refractivity contribution in [3.8, 4) is 0 Å². The number of piperazine rings is 1. The van der Waals surface area contributed by atoms with Gasteiger partial charge in [-0.15, -0.1) is 11.6 Å². The van der Waals surface area contributed by atoms with Crippen molar-refractivity contribution in [2.45, 2.75) is 37.6 Å². The van der Waals surface area contributed by atoms with Crippen molar-refractivity contribution < 1.29 is 4.79 Å². The average Bonchev–Trinajstić information content (AvgIpc) is 2.27. The maximum atomic E-state index is 11.7. The minimum absolute atomic E-state index is 0.0990. The molecule has 2 fully saturated rings. The topological polar surface area (TPSA) is 23.6 Å². The van der Waals surface area contributed by atoms with Crippen LogP contribution >= 0.6 is 11.6 Å². The van der Waals surface area contributed by atoms with Gasteiger partial charge in [-0.1, -0.05) is 6.42 Å². The molecule has 2 atom stereocenters. The number of piperidine rings is 1. The molecule has 2 rings (SSSR count). The summed E-state index contributed by atoms with van der Waals surface area (Å²) in [6.45, 7) is 5.74. The SMILES string of the molecule is CC(Cl)C(=O)N1CCN2CCCCC2C1. The third kappa shape index (κ3) is 2.45. The van der Waals surface area contributed by atoms with Crippen LogP contribution in [0.15, 0.2) is 0 Å². The van der Waals surface area contributed by atoms with Gasteiger partial charge in [0.25, 0.3) is 0 Å². The van der Waals surface area contributed by atoms with Gasteiger partial charge in [0.15, 0.2) is 0 Å². The molecule has 0 N–H and O–H groups in total. The fraction of sp³-hybridized carbons (Fsp3) is 0.909. The lowest BCUT2D eigenvalue weighted by atomic mass is 9.99. The molecule has 1 amide bonds. The summed E-state index contributed by atoms with van der Waals surface area (Å²) in [7, 11) is 0. The molecule has 0 aromatic carbocycles. The van der Waals surface area contributed by atoms with Gasteiger partial charge in [-0.2, -0.15) is 0 Å². The molecule has 0 spiro atoms. The molecule has 0 aromatic rings. The molecular formula is C11H19ClN2O. The number of amides is 1. The Morgan fingerprint density at radius 3 is 2.87 bits per heavy atom. The Bertz CT molecular complexity index is 245. The molecule has 15 heavy (non-hydrogen) atoms. The molecule has 86 valence electrons. The molecule has 0 radical (unpaired) electrons. The van der Waals surface area contributed by atoms with Crippen molar-refractivity contribution >= 4 is 17.5 Å². The van der Waals surface area contributed by atoms with Crippen LogP contribution in [0.2, 0.25) is 0 Å². The van der Waals surface area contributed by atoms with Gasteiger partial charge in [-0.05, 0) is 26.3 Å². The second-order valence-electron chi connectivity index (χ2n) is 4.59. The van der Waals surface area contributed by atoms with Crippen molar-refractivity contribution in [1.29, 1.82) is 0 Å². The van der Waals surface area contributed by atoms with Crippen LogP contribution in [0.1, 0.15) is 26.2 Å². The lowest BCUT2D eigenvalue weighted by Crippen LogP contribution is -2.57. The third-order valence-electron chi connectivity index (χ3n) is 3.49. The maximum Gasteiger partial charge on any atom is 0.240 e. The van der Waals surface area contributed by atoms with E-state index >= 15 is 0 Å². The number of hydrogen-bond donors (Lipinski definition) is 0. The van der Waals surface area contributed by atoms with Crippen LogP contribution in [0.25, 0.3) is 0 Å². The van der Waals surface area contributed by atoms with E-state index < -0.39 is 0 Å². The lowest BCUT2D eigenvalue weighted by molar-refractivity contribution is -0.134. The fourth-order valence-corrected chi connectivity index (χ4v) is 2.75. The zero-order valence-electron chi connectivity index (χ0n) is 9.29. The number of carbonyl (C=O) groups excluding carboxylic acids is 1. The zero-order valence-corrected chi connectivity index (χ0v) is 10.0. The molecule has 0 bridgehead atoms. The van der Waals surface area contributed by atoms with Crippen LogP contribution in [0.3, 0.4) is 0 Å². The van der Waals surface area contributed by atoms with Crippen LogP contribution in [-0.4, -0.2) is 53.3 Å². The van der Waals surface area contributed by atoms with Gasteiger partial charge in [0.2, 0.25) is 5.91 Å². The Kier molecular flexibility index (Phi) is 3.52. The van der Waals surface area contributed by atoms with Crippen LogP contribution in [0, 0.1) is 0 Å². The summed E-state index contributed by atoms with van der Waals surface area (Å²) in [6, 6.07) is 0.590. The van der Waals surface area contributed by atoms with Gasteiger partial charge in [0.05, 0.1) is 0 Å². The van der Waals surface area contributed by atoms with E-state index in [9.17, 15) is 4.79 Å². The van der Waals surface area contributed by atoms with Crippen molar-refractivity contribution in [3.63, 3.8) is 0 Å². The van der Waals surface area contributed by atoms with Crippen LogP contribution < -0.4 is 0 Å². The van der Waals surface area contributed by atoms with Crippen molar-refractivity contribution in [1.82, 2.24) is 9.80 Å². The molecular weight excluding hydrogens is 212 g/mol. The molecule has 2 aliphatic rings. The highest BCUT2D eigenvalue weighted by Gasteiger charge is 2.31. The molecule has 4 heteroatoms. The first-order valence-electron chi connectivity index (χ1n) is 5.85.